The van der Waals surface area contributed by atoms with Gasteiger partial charge in [-0.3, -0.25) is 19.2 Å². The quantitative estimate of drug-likeness (QED) is 0.0476. The number of nitro groups is 1. The zero-order valence-corrected chi connectivity index (χ0v) is 24.5. The van der Waals surface area contributed by atoms with Crippen molar-refractivity contribution in [3.63, 3.8) is 0 Å². The Hall–Kier alpha value is -5.56. The number of nitrogens with zero attached hydrogens (tertiary/aromatic N) is 6. The molecule has 0 amide bonds. The van der Waals surface area contributed by atoms with Crippen LogP contribution in [0.5, 0.6) is 5.75 Å². The van der Waals surface area contributed by atoms with E-state index < -0.39 is 40.6 Å². The number of rotatable bonds is 9. The van der Waals surface area contributed by atoms with Crippen molar-refractivity contribution in [3.8, 4) is 11.4 Å². The first kappa shape index (κ1) is 30.9. The molecule has 1 aromatic heterocycles. The monoisotopic (exact) mass is 651 g/mol. The van der Waals surface area contributed by atoms with Crippen molar-refractivity contribution in [1.29, 1.82) is 0 Å². The fourth-order valence-corrected chi connectivity index (χ4v) is 5.62. The van der Waals surface area contributed by atoms with Gasteiger partial charge in [0.25, 0.3) is 25.9 Å². The van der Waals surface area contributed by atoms with Crippen molar-refractivity contribution in [2.24, 2.45) is 10.2 Å². The number of non-ortho nitro benzene ring substituents is 1. The number of benzene rings is 4. The highest BCUT2D eigenvalue weighted by atomic mass is 32.2. The predicted octanol–water partition coefficient (Wildman–Crippen LogP) is 5.00. The fraction of sp³-hybridized carbons (Fsp3) is 0.0370. The first-order chi connectivity index (χ1) is 21.3. The SMILES string of the molecule is COc1cc2nn(-c3ccccc3)nc2c(N=Nc2ccc(/C=C/c3ccc([N+](=O)[O-])cc3S(=O)(=O)O)c(S(=O)(=O)O)c2)c1N. The van der Waals surface area contributed by atoms with Crippen LogP contribution in [0.15, 0.2) is 92.8 Å². The molecule has 4 aromatic carbocycles. The molecule has 1 heterocycles. The van der Waals surface area contributed by atoms with E-state index >= 15 is 0 Å². The van der Waals surface area contributed by atoms with Crippen molar-refractivity contribution in [2.75, 3.05) is 12.8 Å². The third-order valence-corrected chi connectivity index (χ3v) is 8.15. The molecule has 18 heteroatoms. The summed E-state index contributed by atoms with van der Waals surface area (Å²) < 4.78 is 73.0. The number of hydrogen-bond acceptors (Lipinski definition) is 12. The highest BCUT2D eigenvalue weighted by Crippen LogP contribution is 2.39. The molecule has 5 aromatic rings. The van der Waals surface area contributed by atoms with E-state index in [9.17, 15) is 36.1 Å². The third-order valence-electron chi connectivity index (χ3n) is 6.33. The van der Waals surface area contributed by atoms with Crippen LogP contribution in [-0.2, 0) is 20.2 Å². The number of nitrogens with two attached hydrogens (primary N) is 1. The van der Waals surface area contributed by atoms with Gasteiger partial charge in [-0.1, -0.05) is 36.4 Å². The lowest BCUT2D eigenvalue weighted by Gasteiger charge is -2.07. The molecule has 16 nitrogen and oxygen atoms in total. The molecule has 0 aliphatic heterocycles. The van der Waals surface area contributed by atoms with Gasteiger partial charge in [-0.15, -0.1) is 15.3 Å². The van der Waals surface area contributed by atoms with Crippen LogP contribution in [0.3, 0.4) is 0 Å². The molecule has 0 radical (unpaired) electrons. The Kier molecular flexibility index (Phi) is 8.13. The Morgan fingerprint density at radius 1 is 0.889 bits per heavy atom. The minimum Gasteiger partial charge on any atom is -0.494 e. The molecule has 0 fully saturated rings. The van der Waals surface area contributed by atoms with Crippen molar-refractivity contribution in [1.82, 2.24) is 15.0 Å². The lowest BCUT2D eigenvalue weighted by Crippen LogP contribution is -2.02. The summed E-state index contributed by atoms with van der Waals surface area (Å²) in [4.78, 5) is 10.2. The second-order valence-corrected chi connectivity index (χ2v) is 12.0. The van der Waals surface area contributed by atoms with Crippen LogP contribution in [0, 0.1) is 10.1 Å². The van der Waals surface area contributed by atoms with E-state index in [0.29, 0.717) is 17.3 Å². The van der Waals surface area contributed by atoms with Crippen molar-refractivity contribution >= 4 is 66.2 Å². The van der Waals surface area contributed by atoms with Gasteiger partial charge in [0, 0.05) is 18.2 Å². The van der Waals surface area contributed by atoms with Crippen LogP contribution < -0.4 is 10.5 Å². The highest BCUT2D eigenvalue weighted by molar-refractivity contribution is 7.86. The topological polar surface area (TPSA) is 243 Å². The summed E-state index contributed by atoms with van der Waals surface area (Å²) in [5.41, 5.74) is 6.83. The molecular weight excluding hydrogens is 630 g/mol. The number of nitrogen functional groups attached to an aromatic ring is 1. The van der Waals surface area contributed by atoms with Gasteiger partial charge >= 0.3 is 0 Å². The van der Waals surface area contributed by atoms with Gasteiger partial charge in [0.1, 0.15) is 37.9 Å². The van der Waals surface area contributed by atoms with E-state index in [1.165, 1.54) is 24.0 Å². The minimum absolute atomic E-state index is 0.0282. The molecule has 0 saturated carbocycles. The number of nitro benzene ring substituents is 1. The Balaban J connectivity index is 1.56. The molecule has 45 heavy (non-hydrogen) atoms. The first-order valence-electron chi connectivity index (χ1n) is 12.5. The number of para-hydroxylation sites is 1. The van der Waals surface area contributed by atoms with Gasteiger partial charge in [-0.05, 0) is 41.5 Å². The molecule has 0 atom stereocenters. The zero-order valence-electron chi connectivity index (χ0n) is 22.9. The molecule has 0 aliphatic rings. The van der Waals surface area contributed by atoms with Crippen molar-refractivity contribution in [3.05, 3.63) is 94.0 Å². The smallest absolute Gasteiger partial charge is 0.295 e. The molecule has 0 bridgehead atoms. The summed E-state index contributed by atoms with van der Waals surface area (Å²) in [6.45, 7) is 0. The van der Waals surface area contributed by atoms with Crippen LogP contribution in [0.1, 0.15) is 11.1 Å². The average Bonchev–Trinajstić information content (AvgIpc) is 3.43. The molecule has 5 rings (SSSR count). The molecule has 0 saturated heterocycles. The lowest BCUT2D eigenvalue weighted by atomic mass is 10.1. The normalized spacial score (nSPS) is 12.3. The number of hydrogen-bond donors (Lipinski definition) is 3. The molecule has 4 N–H and O–H groups in total. The predicted molar refractivity (Wildman–Crippen MR) is 162 cm³/mol. The van der Waals surface area contributed by atoms with Gasteiger partial charge in [0.05, 0.1) is 23.4 Å². The Morgan fingerprint density at radius 2 is 1.51 bits per heavy atom. The van der Waals surface area contributed by atoms with E-state index in [2.05, 4.69) is 20.4 Å². The van der Waals surface area contributed by atoms with E-state index in [-0.39, 0.29) is 39.5 Å². The summed E-state index contributed by atoms with van der Waals surface area (Å²) >= 11 is 0. The Morgan fingerprint density at radius 3 is 2.11 bits per heavy atom. The van der Waals surface area contributed by atoms with Crippen LogP contribution >= 0.6 is 0 Å². The summed E-state index contributed by atoms with van der Waals surface area (Å²) in [6.07, 6.45) is 2.23. The Labute approximate surface area is 254 Å². The maximum absolute atomic E-state index is 12.3. The Bertz CT molecular complexity index is 2250. The summed E-state index contributed by atoms with van der Waals surface area (Å²) in [6, 6.07) is 16.9. The average molecular weight is 652 g/mol. The minimum atomic E-state index is -4.89. The molecule has 0 aliphatic carbocycles. The maximum Gasteiger partial charge on any atom is 0.295 e. The number of ether oxygens (including phenoxy) is 1. The zero-order chi connectivity index (χ0) is 32.5. The largest absolute Gasteiger partial charge is 0.494 e. The van der Waals surface area contributed by atoms with Crippen LogP contribution in [0.2, 0.25) is 0 Å². The van der Waals surface area contributed by atoms with Crippen molar-refractivity contribution < 1.29 is 35.6 Å². The number of fused-ring (bicyclic) bond motifs is 1. The van der Waals surface area contributed by atoms with Gasteiger partial charge in [-0.2, -0.15) is 26.7 Å². The van der Waals surface area contributed by atoms with E-state index in [1.54, 1.807) is 18.2 Å². The van der Waals surface area contributed by atoms with E-state index in [4.69, 9.17) is 10.5 Å². The number of azo groups is 1. The number of anilines is 1. The summed E-state index contributed by atoms with van der Waals surface area (Å²) in [7, 11) is -8.35. The van der Waals surface area contributed by atoms with Crippen LogP contribution in [0.4, 0.5) is 22.7 Å². The fourth-order valence-electron chi connectivity index (χ4n) is 4.21. The lowest BCUT2D eigenvalue weighted by molar-refractivity contribution is -0.385. The first-order valence-corrected chi connectivity index (χ1v) is 15.4. The molecular formula is C27H21N7O9S2. The standard InChI is InChI=1S/C27H21N7O9S2/c1-43-22-15-21-26(32-33(31-21)19-5-3-2-4-6-19)27(25(22)28)30-29-18-11-9-16(23(13-18)44(37,38)39)7-8-17-10-12-20(34(35)36)14-24(17)45(40,41)42/h2-15H,28H2,1H3,(H,37,38,39)(H,40,41,42)/b8-7+,30-29?. The molecule has 0 spiro atoms. The van der Waals surface area contributed by atoms with E-state index in [1.807, 2.05) is 18.2 Å². The van der Waals surface area contributed by atoms with Gasteiger partial charge < -0.3 is 10.5 Å². The van der Waals surface area contributed by atoms with Gasteiger partial charge in [0.2, 0.25) is 0 Å². The van der Waals surface area contributed by atoms with E-state index in [0.717, 1.165) is 30.4 Å². The highest BCUT2D eigenvalue weighted by Gasteiger charge is 2.21. The summed E-state index contributed by atoms with van der Waals surface area (Å²) in [5.74, 6) is 0.242. The summed E-state index contributed by atoms with van der Waals surface area (Å²) in [5, 5.41) is 28.2. The van der Waals surface area contributed by atoms with Crippen LogP contribution in [-0.4, -0.2) is 53.0 Å². The number of methoxy groups -OCH3 is 1. The second kappa shape index (κ2) is 11.8. The number of aromatic nitrogens is 3. The van der Waals surface area contributed by atoms with Crippen LogP contribution in [0.25, 0.3) is 28.9 Å². The maximum atomic E-state index is 12.3. The molecule has 230 valence electrons. The second-order valence-electron chi connectivity index (χ2n) is 9.22. The van der Waals surface area contributed by atoms with Gasteiger partial charge in [-0.25, -0.2) is 0 Å². The third kappa shape index (κ3) is 6.53. The van der Waals surface area contributed by atoms with Gasteiger partial charge in [0.15, 0.2) is 0 Å². The van der Waals surface area contributed by atoms with Crippen molar-refractivity contribution in [2.45, 2.75) is 9.79 Å². The molecule has 0 unspecified atom stereocenters.